The van der Waals surface area contributed by atoms with Crippen molar-refractivity contribution in [2.45, 2.75) is 34.6 Å². The van der Waals surface area contributed by atoms with Gasteiger partial charge in [0.1, 0.15) is 17.2 Å². The van der Waals surface area contributed by atoms with Crippen molar-refractivity contribution in [3.8, 4) is 28.7 Å². The van der Waals surface area contributed by atoms with Crippen LogP contribution >= 0.6 is 0 Å². The molecule has 0 aliphatic rings. The molecule has 4 aromatic carbocycles. The van der Waals surface area contributed by atoms with E-state index in [2.05, 4.69) is 4.90 Å². The van der Waals surface area contributed by atoms with Crippen molar-refractivity contribution < 1.29 is 20.1 Å². The lowest BCUT2D eigenvalue weighted by atomic mass is 10.0. The number of phenolic OH excluding ortho intramolecular Hbond substituents is 3. The number of ether oxygens (including phenoxy) is 1. The van der Waals surface area contributed by atoms with Crippen LogP contribution in [0.25, 0.3) is 0 Å². The number of nitrogens with zero attached hydrogens (tertiary/aromatic N) is 1. The maximum atomic E-state index is 10.3. The zero-order valence-corrected chi connectivity index (χ0v) is 20.0. The van der Waals surface area contributed by atoms with Gasteiger partial charge in [-0.05, 0) is 105 Å². The molecule has 174 valence electrons. The molecule has 34 heavy (non-hydrogen) atoms. The first-order chi connectivity index (χ1) is 16.2. The molecule has 0 spiro atoms. The van der Waals surface area contributed by atoms with Crippen LogP contribution in [0.1, 0.15) is 27.8 Å². The molecule has 0 heterocycles. The van der Waals surface area contributed by atoms with Crippen molar-refractivity contribution in [2.75, 3.05) is 4.90 Å². The Labute approximate surface area is 200 Å². The highest BCUT2D eigenvalue weighted by Crippen LogP contribution is 2.45. The van der Waals surface area contributed by atoms with Crippen molar-refractivity contribution in [1.29, 1.82) is 0 Å². The Morgan fingerprint density at radius 3 is 1.59 bits per heavy atom. The fourth-order valence-electron chi connectivity index (χ4n) is 4.52. The number of hydrogen-bond donors (Lipinski definition) is 3. The van der Waals surface area contributed by atoms with E-state index in [4.69, 9.17) is 4.74 Å². The van der Waals surface area contributed by atoms with Gasteiger partial charge in [-0.1, -0.05) is 18.2 Å². The first-order valence-electron chi connectivity index (χ1n) is 11.1. The van der Waals surface area contributed by atoms with E-state index in [9.17, 15) is 15.3 Å². The first-order valence-corrected chi connectivity index (χ1v) is 11.1. The summed E-state index contributed by atoms with van der Waals surface area (Å²) in [5.74, 6) is 1.50. The molecule has 0 aromatic heterocycles. The van der Waals surface area contributed by atoms with Crippen molar-refractivity contribution in [2.24, 2.45) is 0 Å². The van der Waals surface area contributed by atoms with Crippen LogP contribution in [0.15, 0.2) is 66.7 Å². The van der Waals surface area contributed by atoms with Crippen molar-refractivity contribution in [3.05, 3.63) is 94.5 Å². The molecule has 5 nitrogen and oxygen atoms in total. The zero-order chi connectivity index (χ0) is 24.6. The molecule has 0 bridgehead atoms. The van der Waals surface area contributed by atoms with E-state index in [0.717, 1.165) is 44.9 Å². The highest BCUT2D eigenvalue weighted by molar-refractivity contribution is 5.84. The minimum absolute atomic E-state index is 0.0812. The largest absolute Gasteiger partial charge is 0.508 e. The third-order valence-electron chi connectivity index (χ3n) is 5.89. The Balaban J connectivity index is 1.92. The lowest BCUT2D eigenvalue weighted by molar-refractivity contribution is 0.409. The third kappa shape index (κ3) is 4.37. The van der Waals surface area contributed by atoms with Gasteiger partial charge in [0.25, 0.3) is 0 Å². The lowest BCUT2D eigenvalue weighted by Crippen LogP contribution is -2.15. The zero-order valence-electron chi connectivity index (χ0n) is 20.0. The summed E-state index contributed by atoms with van der Waals surface area (Å²) in [7, 11) is 0. The van der Waals surface area contributed by atoms with Crippen molar-refractivity contribution in [1.82, 2.24) is 0 Å². The Hall–Kier alpha value is -4.12. The van der Waals surface area contributed by atoms with E-state index in [1.807, 2.05) is 65.0 Å². The van der Waals surface area contributed by atoms with Gasteiger partial charge in [-0.25, -0.2) is 0 Å². The second kappa shape index (κ2) is 9.02. The number of phenols is 3. The molecule has 0 saturated heterocycles. The highest BCUT2D eigenvalue weighted by atomic mass is 16.5. The van der Waals surface area contributed by atoms with Gasteiger partial charge >= 0.3 is 0 Å². The SMILES string of the molecule is Cc1cccc(O)c1Oc1cccc(N(c2c(C)cc(O)cc2C)c2c(C)cc(O)cc2C)c1. The number of rotatable bonds is 5. The Morgan fingerprint density at radius 1 is 0.588 bits per heavy atom. The summed E-state index contributed by atoms with van der Waals surface area (Å²) >= 11 is 0. The van der Waals surface area contributed by atoms with Gasteiger partial charge in [0.2, 0.25) is 0 Å². The summed E-state index contributed by atoms with van der Waals surface area (Å²) < 4.78 is 6.11. The van der Waals surface area contributed by atoms with Gasteiger partial charge in [0.15, 0.2) is 11.5 Å². The van der Waals surface area contributed by atoms with Crippen LogP contribution in [0, 0.1) is 34.6 Å². The monoisotopic (exact) mass is 455 g/mol. The summed E-state index contributed by atoms with van der Waals surface area (Å²) in [5, 5.41) is 30.6. The van der Waals surface area contributed by atoms with Crippen LogP contribution in [0.4, 0.5) is 17.1 Å². The summed E-state index contributed by atoms with van der Waals surface area (Å²) in [4.78, 5) is 2.12. The number of para-hydroxylation sites is 1. The van der Waals surface area contributed by atoms with E-state index in [1.165, 1.54) is 0 Å². The van der Waals surface area contributed by atoms with Crippen molar-refractivity contribution >= 4 is 17.1 Å². The van der Waals surface area contributed by atoms with Gasteiger partial charge < -0.3 is 25.0 Å². The molecule has 4 rings (SSSR count). The second-order valence-corrected chi connectivity index (χ2v) is 8.71. The number of hydrogen-bond acceptors (Lipinski definition) is 5. The van der Waals surface area contributed by atoms with E-state index >= 15 is 0 Å². The Kier molecular flexibility index (Phi) is 6.12. The summed E-state index contributed by atoms with van der Waals surface area (Å²) in [6, 6.07) is 19.9. The minimum atomic E-state index is 0.0812. The molecular weight excluding hydrogens is 426 g/mol. The summed E-state index contributed by atoms with van der Waals surface area (Å²) in [6.07, 6.45) is 0. The topological polar surface area (TPSA) is 73.2 Å². The van der Waals surface area contributed by atoms with Crippen molar-refractivity contribution in [3.63, 3.8) is 0 Å². The average molecular weight is 456 g/mol. The third-order valence-corrected chi connectivity index (χ3v) is 5.89. The molecule has 0 aliphatic carbocycles. The van der Waals surface area contributed by atoms with E-state index in [1.54, 1.807) is 36.4 Å². The molecular formula is C29H29NO4. The van der Waals surface area contributed by atoms with Crippen LogP contribution in [-0.4, -0.2) is 15.3 Å². The molecule has 0 atom stereocenters. The van der Waals surface area contributed by atoms with Crippen LogP contribution in [0.3, 0.4) is 0 Å². The standard InChI is InChI=1S/C29H29NO4/c1-17-8-6-11-26(33)29(17)34-25-10-7-9-22(16-25)30(27-18(2)12-23(31)13-19(27)3)28-20(4)14-24(32)15-21(28)5/h6-16,31-33H,1-5H3. The number of aromatic hydroxyl groups is 3. The minimum Gasteiger partial charge on any atom is -0.508 e. The smallest absolute Gasteiger partial charge is 0.171 e. The van der Waals surface area contributed by atoms with Gasteiger partial charge in [-0.3, -0.25) is 0 Å². The van der Waals surface area contributed by atoms with Crippen LogP contribution < -0.4 is 9.64 Å². The van der Waals surface area contributed by atoms with Crippen LogP contribution in [0.2, 0.25) is 0 Å². The molecule has 0 radical (unpaired) electrons. The maximum Gasteiger partial charge on any atom is 0.171 e. The fraction of sp³-hybridized carbons (Fsp3) is 0.172. The maximum absolute atomic E-state index is 10.3. The lowest BCUT2D eigenvalue weighted by Gasteiger charge is -2.31. The van der Waals surface area contributed by atoms with Gasteiger partial charge in [0, 0.05) is 11.8 Å². The molecule has 0 unspecified atom stereocenters. The predicted molar refractivity (Wildman–Crippen MR) is 136 cm³/mol. The Bertz CT molecular complexity index is 1250. The van der Waals surface area contributed by atoms with Gasteiger partial charge in [0.05, 0.1) is 11.4 Å². The molecule has 4 aromatic rings. The number of anilines is 3. The fourth-order valence-corrected chi connectivity index (χ4v) is 4.52. The molecule has 0 aliphatic heterocycles. The highest BCUT2D eigenvalue weighted by Gasteiger charge is 2.22. The van der Waals surface area contributed by atoms with E-state index < -0.39 is 0 Å². The van der Waals surface area contributed by atoms with Crippen LogP contribution in [-0.2, 0) is 0 Å². The molecule has 0 saturated carbocycles. The number of aryl methyl sites for hydroxylation is 5. The van der Waals surface area contributed by atoms with Gasteiger partial charge in [-0.2, -0.15) is 0 Å². The normalized spacial score (nSPS) is 10.9. The van der Waals surface area contributed by atoms with E-state index in [-0.39, 0.29) is 17.2 Å². The van der Waals surface area contributed by atoms with E-state index in [0.29, 0.717) is 11.5 Å². The average Bonchev–Trinajstić information content (AvgIpc) is 2.74. The molecule has 0 amide bonds. The summed E-state index contributed by atoms with van der Waals surface area (Å²) in [6.45, 7) is 9.74. The summed E-state index contributed by atoms with van der Waals surface area (Å²) in [5.41, 5.74) is 7.19. The predicted octanol–water partition coefficient (Wildman–Crippen LogP) is 7.61. The first kappa shape index (κ1) is 23.1. The second-order valence-electron chi connectivity index (χ2n) is 8.71. The van der Waals surface area contributed by atoms with Gasteiger partial charge in [-0.15, -0.1) is 0 Å². The molecule has 3 N–H and O–H groups in total. The quantitative estimate of drug-likeness (QED) is 0.289. The Morgan fingerprint density at radius 2 is 1.09 bits per heavy atom. The molecule has 0 fully saturated rings. The molecule has 5 heteroatoms. The number of benzene rings is 4. The van der Waals surface area contributed by atoms with Crippen LogP contribution in [0.5, 0.6) is 28.7 Å².